The minimum absolute atomic E-state index is 0.278. The van der Waals surface area contributed by atoms with E-state index >= 15 is 0 Å². The van der Waals surface area contributed by atoms with E-state index in [4.69, 9.17) is 0 Å². The SMILES string of the molecule is Oc1ccc(-c2ccccc2)[n+](Cc2ccccc2)c1. The Morgan fingerprint density at radius 2 is 1.40 bits per heavy atom. The van der Waals surface area contributed by atoms with Crippen molar-refractivity contribution >= 4 is 0 Å². The third kappa shape index (κ3) is 2.69. The second-order valence-electron chi connectivity index (χ2n) is 4.75. The first-order valence-electron chi connectivity index (χ1n) is 6.65. The van der Waals surface area contributed by atoms with Gasteiger partial charge in [0.05, 0.1) is 0 Å². The van der Waals surface area contributed by atoms with Gasteiger partial charge in [-0.25, -0.2) is 0 Å². The van der Waals surface area contributed by atoms with Crippen LogP contribution in [0.15, 0.2) is 79.0 Å². The van der Waals surface area contributed by atoms with Gasteiger partial charge in [0.25, 0.3) is 0 Å². The highest BCUT2D eigenvalue weighted by molar-refractivity contribution is 5.56. The molecule has 1 N–H and O–H groups in total. The first kappa shape index (κ1) is 12.4. The van der Waals surface area contributed by atoms with Gasteiger partial charge < -0.3 is 5.11 Å². The highest BCUT2D eigenvalue weighted by Crippen LogP contribution is 2.17. The van der Waals surface area contributed by atoms with Crippen LogP contribution in [0.3, 0.4) is 0 Å². The van der Waals surface area contributed by atoms with Gasteiger partial charge in [0.15, 0.2) is 12.3 Å². The summed E-state index contributed by atoms with van der Waals surface area (Å²) in [6.45, 7) is 0.736. The van der Waals surface area contributed by atoms with Crippen molar-refractivity contribution in [3.8, 4) is 17.0 Å². The maximum absolute atomic E-state index is 9.74. The summed E-state index contributed by atoms with van der Waals surface area (Å²) >= 11 is 0. The summed E-state index contributed by atoms with van der Waals surface area (Å²) < 4.78 is 2.07. The van der Waals surface area contributed by atoms with Crippen molar-refractivity contribution in [2.45, 2.75) is 6.54 Å². The molecule has 0 spiro atoms. The number of pyridine rings is 1. The molecule has 98 valence electrons. The van der Waals surface area contributed by atoms with E-state index in [1.165, 1.54) is 5.56 Å². The van der Waals surface area contributed by atoms with Gasteiger partial charge >= 0.3 is 0 Å². The Hall–Kier alpha value is -2.61. The van der Waals surface area contributed by atoms with Gasteiger partial charge in [-0.1, -0.05) is 48.5 Å². The van der Waals surface area contributed by atoms with Crippen molar-refractivity contribution in [3.05, 3.63) is 84.6 Å². The lowest BCUT2D eigenvalue weighted by Crippen LogP contribution is -2.36. The molecule has 0 bridgehead atoms. The van der Waals surface area contributed by atoms with Crippen LogP contribution in [0.5, 0.6) is 5.75 Å². The van der Waals surface area contributed by atoms with Crippen LogP contribution in [0, 0.1) is 0 Å². The van der Waals surface area contributed by atoms with Crippen LogP contribution >= 0.6 is 0 Å². The average Bonchev–Trinajstić information content (AvgIpc) is 2.49. The summed E-state index contributed by atoms with van der Waals surface area (Å²) in [7, 11) is 0. The molecule has 0 fully saturated rings. The van der Waals surface area contributed by atoms with Gasteiger partial charge in [-0.15, -0.1) is 0 Å². The highest BCUT2D eigenvalue weighted by atomic mass is 16.3. The van der Waals surface area contributed by atoms with E-state index in [2.05, 4.69) is 28.8 Å². The second kappa shape index (κ2) is 5.57. The van der Waals surface area contributed by atoms with Crippen LogP contribution in [0.25, 0.3) is 11.3 Å². The summed E-state index contributed by atoms with van der Waals surface area (Å²) in [5.41, 5.74) is 3.44. The minimum Gasteiger partial charge on any atom is -0.503 e. The van der Waals surface area contributed by atoms with Gasteiger partial charge in [0.2, 0.25) is 11.9 Å². The Labute approximate surface area is 118 Å². The van der Waals surface area contributed by atoms with E-state index in [9.17, 15) is 5.11 Å². The molecule has 0 atom stereocenters. The summed E-state index contributed by atoms with van der Waals surface area (Å²) in [6, 6.07) is 24.1. The fourth-order valence-corrected chi connectivity index (χ4v) is 2.31. The molecular formula is C18H16NO+. The van der Waals surface area contributed by atoms with E-state index in [1.54, 1.807) is 12.3 Å². The Kier molecular flexibility index (Phi) is 3.46. The largest absolute Gasteiger partial charge is 0.503 e. The number of hydrogen-bond donors (Lipinski definition) is 1. The van der Waals surface area contributed by atoms with Crippen molar-refractivity contribution in [3.63, 3.8) is 0 Å². The molecule has 0 aliphatic carbocycles. The van der Waals surface area contributed by atoms with E-state index in [-0.39, 0.29) is 5.75 Å². The van der Waals surface area contributed by atoms with Crippen LogP contribution in [-0.2, 0) is 6.54 Å². The topological polar surface area (TPSA) is 24.1 Å². The third-order valence-corrected chi connectivity index (χ3v) is 3.27. The minimum atomic E-state index is 0.278. The zero-order chi connectivity index (χ0) is 13.8. The monoisotopic (exact) mass is 262 g/mol. The van der Waals surface area contributed by atoms with Crippen LogP contribution in [-0.4, -0.2) is 5.11 Å². The number of aromatic hydroxyl groups is 1. The number of nitrogens with zero attached hydrogens (tertiary/aromatic N) is 1. The lowest BCUT2D eigenvalue weighted by Gasteiger charge is -2.05. The predicted molar refractivity (Wildman–Crippen MR) is 79.3 cm³/mol. The molecular weight excluding hydrogens is 246 g/mol. The van der Waals surface area contributed by atoms with E-state index in [0.29, 0.717) is 0 Å². The van der Waals surface area contributed by atoms with Crippen LogP contribution in [0.2, 0.25) is 0 Å². The number of rotatable bonds is 3. The second-order valence-corrected chi connectivity index (χ2v) is 4.75. The van der Waals surface area contributed by atoms with Gasteiger partial charge in [-0.2, -0.15) is 4.57 Å². The standard InChI is InChI=1S/C18H15NO/c20-17-11-12-18(16-9-5-2-6-10-16)19(14-17)13-15-7-3-1-4-8-15/h1-12,14H,13H2/p+1. The molecule has 0 saturated heterocycles. The fourth-order valence-electron chi connectivity index (χ4n) is 2.31. The van der Waals surface area contributed by atoms with Crippen LogP contribution < -0.4 is 4.57 Å². The first-order chi connectivity index (χ1) is 9.83. The predicted octanol–water partition coefficient (Wildman–Crippen LogP) is 3.40. The molecule has 2 heteroatoms. The summed E-state index contributed by atoms with van der Waals surface area (Å²) in [5, 5.41) is 9.74. The summed E-state index contributed by atoms with van der Waals surface area (Å²) in [4.78, 5) is 0. The molecule has 3 rings (SSSR count). The Bertz CT molecular complexity index is 693. The Morgan fingerprint density at radius 3 is 2.10 bits per heavy atom. The molecule has 20 heavy (non-hydrogen) atoms. The molecule has 0 aliphatic rings. The van der Waals surface area contributed by atoms with Gasteiger partial charge in [-0.05, 0) is 18.2 Å². The maximum atomic E-state index is 9.74. The van der Waals surface area contributed by atoms with Crippen molar-refractivity contribution < 1.29 is 9.67 Å². The quantitative estimate of drug-likeness (QED) is 0.719. The van der Waals surface area contributed by atoms with Gasteiger partial charge in [-0.3, -0.25) is 0 Å². The van der Waals surface area contributed by atoms with E-state index in [0.717, 1.165) is 17.8 Å². The molecule has 0 radical (unpaired) electrons. The third-order valence-electron chi connectivity index (χ3n) is 3.27. The normalized spacial score (nSPS) is 10.4. The van der Waals surface area contributed by atoms with Crippen LogP contribution in [0.1, 0.15) is 5.56 Å². The summed E-state index contributed by atoms with van der Waals surface area (Å²) in [5.74, 6) is 0.278. The van der Waals surface area contributed by atoms with E-state index in [1.807, 2.05) is 42.5 Å². The van der Waals surface area contributed by atoms with Gasteiger partial charge in [0.1, 0.15) is 0 Å². The average molecular weight is 262 g/mol. The number of hydrogen-bond acceptors (Lipinski definition) is 1. The summed E-state index contributed by atoms with van der Waals surface area (Å²) in [6.07, 6.45) is 1.77. The molecule has 0 saturated carbocycles. The molecule has 1 heterocycles. The molecule has 3 aromatic rings. The molecule has 0 unspecified atom stereocenters. The molecule has 1 aromatic heterocycles. The molecule has 0 amide bonds. The van der Waals surface area contributed by atoms with Crippen molar-refractivity contribution in [2.75, 3.05) is 0 Å². The Balaban J connectivity index is 2.03. The smallest absolute Gasteiger partial charge is 0.213 e. The highest BCUT2D eigenvalue weighted by Gasteiger charge is 2.14. The van der Waals surface area contributed by atoms with Crippen molar-refractivity contribution in [1.29, 1.82) is 0 Å². The lowest BCUT2D eigenvalue weighted by atomic mass is 10.1. The number of aromatic nitrogens is 1. The number of benzene rings is 2. The van der Waals surface area contributed by atoms with E-state index < -0.39 is 0 Å². The fraction of sp³-hybridized carbons (Fsp3) is 0.0556. The van der Waals surface area contributed by atoms with Crippen LogP contribution in [0.4, 0.5) is 0 Å². The maximum Gasteiger partial charge on any atom is 0.213 e. The van der Waals surface area contributed by atoms with Crippen molar-refractivity contribution in [2.24, 2.45) is 0 Å². The lowest BCUT2D eigenvalue weighted by molar-refractivity contribution is -0.677. The zero-order valence-corrected chi connectivity index (χ0v) is 11.1. The van der Waals surface area contributed by atoms with Gasteiger partial charge in [0, 0.05) is 17.2 Å². The zero-order valence-electron chi connectivity index (χ0n) is 11.1. The van der Waals surface area contributed by atoms with Crippen molar-refractivity contribution in [1.82, 2.24) is 0 Å². The molecule has 2 aromatic carbocycles. The Morgan fingerprint density at radius 1 is 0.750 bits per heavy atom. The molecule has 2 nitrogen and oxygen atoms in total. The first-order valence-corrected chi connectivity index (χ1v) is 6.65. The molecule has 0 aliphatic heterocycles.